The van der Waals surface area contributed by atoms with Gasteiger partial charge in [0.25, 0.3) is 0 Å². The van der Waals surface area contributed by atoms with Crippen LogP contribution in [0.5, 0.6) is 0 Å². The van der Waals surface area contributed by atoms with Gasteiger partial charge in [0.2, 0.25) is 0 Å². The molecule has 26 heavy (non-hydrogen) atoms. The van der Waals surface area contributed by atoms with Crippen LogP contribution in [0.2, 0.25) is 4.22 Å². The van der Waals surface area contributed by atoms with E-state index in [9.17, 15) is 9.59 Å². The number of fused-ring (bicyclic) bond motifs is 1. The minimum atomic E-state index is -2.91. The molecule has 0 radical (unpaired) electrons. The molecule has 0 bridgehead atoms. The summed E-state index contributed by atoms with van der Waals surface area (Å²) in [6.45, 7) is 6.94. The van der Waals surface area contributed by atoms with Crippen molar-refractivity contribution < 1.29 is 40.0 Å². The van der Waals surface area contributed by atoms with Crippen molar-refractivity contribution in [2.75, 3.05) is 7.11 Å². The van der Waals surface area contributed by atoms with Gasteiger partial charge in [0.05, 0.1) is 0 Å². The van der Waals surface area contributed by atoms with Crippen molar-refractivity contribution in [3.63, 3.8) is 0 Å². The Labute approximate surface area is 162 Å². The van der Waals surface area contributed by atoms with Crippen molar-refractivity contribution >= 4 is 11.9 Å². The molecule has 3 rings (SSSR count). The van der Waals surface area contributed by atoms with Crippen molar-refractivity contribution in [2.24, 2.45) is 0 Å². The van der Waals surface area contributed by atoms with Gasteiger partial charge in [0, 0.05) is 0 Å². The largest absolute Gasteiger partial charge is 0.857 e. The van der Waals surface area contributed by atoms with Crippen molar-refractivity contribution in [3.8, 4) is 0 Å². The molecule has 0 fully saturated rings. The van der Waals surface area contributed by atoms with Crippen LogP contribution >= 0.6 is 0 Å². The maximum Gasteiger partial charge on any atom is -0.153 e. The summed E-state index contributed by atoms with van der Waals surface area (Å²) in [4.78, 5) is 23.6. The van der Waals surface area contributed by atoms with E-state index in [1.54, 1.807) is 0 Å². The molecule has 3 aliphatic rings. The predicted molar refractivity (Wildman–Crippen MR) is 93.2 cm³/mol. The fourth-order valence-electron chi connectivity index (χ4n) is 4.10. The first-order chi connectivity index (χ1) is 12.7. The molecule has 0 atom stereocenters. The number of rotatable bonds is 5. The number of carbonyl (C=O) groups excluding carboxylic acids is 2. The summed E-state index contributed by atoms with van der Waals surface area (Å²) >= 11 is -2.91. The summed E-state index contributed by atoms with van der Waals surface area (Å²) in [5, 5.41) is 8.25. The first-order valence-corrected chi connectivity index (χ1v) is 11.2. The zero-order valence-electron chi connectivity index (χ0n) is 15.3. The van der Waals surface area contributed by atoms with Crippen molar-refractivity contribution in [2.45, 2.75) is 55.6 Å². The Hall–Kier alpha value is -1.43. The molecule has 6 heteroatoms. The number of allylic oxidation sites excluding steroid dienone is 4. The van der Waals surface area contributed by atoms with E-state index in [0.29, 0.717) is 0 Å². The summed E-state index contributed by atoms with van der Waals surface area (Å²) in [7, 11) is 0.750. The second-order valence-electron chi connectivity index (χ2n) is 6.42. The van der Waals surface area contributed by atoms with Crippen LogP contribution in [0.3, 0.4) is 0 Å². The Bertz CT molecular complexity index is 593. The number of hydrogen-bond acceptors (Lipinski definition) is 5. The molecule has 5 nitrogen and oxygen atoms in total. The van der Waals surface area contributed by atoms with Gasteiger partial charge in [-0.2, -0.15) is 7.11 Å². The van der Waals surface area contributed by atoms with E-state index in [1.165, 1.54) is 35.1 Å². The van der Waals surface area contributed by atoms with E-state index >= 15 is 0 Å². The molecule has 0 heterocycles. The first kappa shape index (κ1) is 20.9. The average molecular weight is 394 g/mol. The van der Waals surface area contributed by atoms with E-state index < -0.39 is 30.6 Å². The molecular formula is C20H26O5Ti. The fraction of sp³-hybridized carbons (Fsp3) is 0.500. The van der Waals surface area contributed by atoms with Gasteiger partial charge in [-0.1, -0.05) is 0 Å². The molecule has 0 saturated heterocycles. The Morgan fingerprint density at radius 1 is 0.885 bits per heavy atom. The molecule has 0 aromatic carbocycles. The van der Waals surface area contributed by atoms with Gasteiger partial charge in [-0.25, -0.2) is 0 Å². The summed E-state index contributed by atoms with van der Waals surface area (Å²) in [6, 6.07) is 0. The van der Waals surface area contributed by atoms with E-state index in [2.05, 4.69) is 13.2 Å². The zero-order chi connectivity index (χ0) is 19.1. The molecule has 0 aromatic heterocycles. The van der Waals surface area contributed by atoms with Crippen LogP contribution in [-0.4, -0.2) is 19.0 Å². The van der Waals surface area contributed by atoms with Gasteiger partial charge >= 0.3 is 150 Å². The van der Waals surface area contributed by atoms with Gasteiger partial charge in [-0.15, -0.1) is 0 Å². The van der Waals surface area contributed by atoms with Gasteiger partial charge < -0.3 is 5.11 Å². The van der Waals surface area contributed by atoms with Crippen molar-refractivity contribution in [1.82, 2.24) is 0 Å². The summed E-state index contributed by atoms with van der Waals surface area (Å²) in [5.74, 6) is -0.991. The van der Waals surface area contributed by atoms with Crippen LogP contribution in [-0.2, 0) is 34.9 Å². The van der Waals surface area contributed by atoms with Crippen LogP contribution in [0.4, 0.5) is 0 Å². The molecule has 0 amide bonds. The van der Waals surface area contributed by atoms with Crippen LogP contribution in [0.1, 0.15) is 51.4 Å². The third kappa shape index (κ3) is 4.45. The predicted octanol–water partition coefficient (Wildman–Crippen LogP) is 3.41. The molecule has 140 valence electrons. The van der Waals surface area contributed by atoms with Crippen LogP contribution < -0.4 is 5.11 Å². The van der Waals surface area contributed by atoms with Gasteiger partial charge in [0.1, 0.15) is 0 Å². The first-order valence-electron chi connectivity index (χ1n) is 9.06. The quantitative estimate of drug-likeness (QED) is 0.528. The molecule has 0 saturated carbocycles. The van der Waals surface area contributed by atoms with Crippen LogP contribution in [0, 0.1) is 0 Å². The van der Waals surface area contributed by atoms with Crippen LogP contribution in [0.25, 0.3) is 0 Å². The van der Waals surface area contributed by atoms with Gasteiger partial charge in [-0.3, -0.25) is 0 Å². The van der Waals surface area contributed by atoms with Crippen LogP contribution in [0.15, 0.2) is 47.6 Å². The van der Waals surface area contributed by atoms with Crippen molar-refractivity contribution in [3.05, 3.63) is 47.6 Å². The standard InChI is InChI=1S/C13H17.2C3H4O2.CH3O.Ti/c1-3-7-12-10(5-1)9-11-6-2-4-8-13(11)12;2*1-2-3(4)5;1-2;/h9H,1-8H2;2*2H,1H2,(H,4,5);1H3;/q;;;-1;+3/p-2. The maximum atomic E-state index is 11.8. The average Bonchev–Trinajstić information content (AvgIpc) is 3.03. The van der Waals surface area contributed by atoms with E-state index in [4.69, 9.17) is 11.7 Å². The van der Waals surface area contributed by atoms with E-state index in [1.807, 2.05) is 0 Å². The SMILES string of the molecule is C=CC(=O)[O][Ti+]([O]C(=O)C=C)[CH]1C2=C(CCCC2)C2=C1CCCC2.C[O-]. The summed E-state index contributed by atoms with van der Waals surface area (Å²) < 4.78 is 11.3. The maximum absolute atomic E-state index is 11.8. The molecule has 0 spiro atoms. The monoisotopic (exact) mass is 394 g/mol. The van der Waals surface area contributed by atoms with Gasteiger partial charge in [-0.05, 0) is 0 Å². The molecule has 0 aromatic rings. The Morgan fingerprint density at radius 2 is 1.27 bits per heavy atom. The molecule has 0 unspecified atom stereocenters. The molecule has 0 aliphatic heterocycles. The second-order valence-corrected chi connectivity index (χ2v) is 8.96. The minimum absolute atomic E-state index is 0.0448. The Balaban J connectivity index is 0.00000117. The van der Waals surface area contributed by atoms with E-state index in [-0.39, 0.29) is 4.22 Å². The molecule has 0 N–H and O–H groups in total. The minimum Gasteiger partial charge on any atom is -0.857 e. The third-order valence-corrected chi connectivity index (χ3v) is 8.13. The summed E-state index contributed by atoms with van der Waals surface area (Å²) in [6.07, 6.45) is 11.3. The Kier molecular flexibility index (Phi) is 8.07. The molecular weight excluding hydrogens is 368 g/mol. The summed E-state index contributed by atoms with van der Waals surface area (Å²) in [5.41, 5.74) is 5.74. The second kappa shape index (κ2) is 10.0. The Morgan fingerprint density at radius 3 is 1.65 bits per heavy atom. The molecule has 3 aliphatic carbocycles. The zero-order valence-corrected chi connectivity index (χ0v) is 16.9. The van der Waals surface area contributed by atoms with Gasteiger partial charge in [0.15, 0.2) is 0 Å². The van der Waals surface area contributed by atoms with Crippen molar-refractivity contribution in [1.29, 1.82) is 0 Å². The van der Waals surface area contributed by atoms with E-state index in [0.717, 1.165) is 57.8 Å². The fourth-order valence-corrected chi connectivity index (χ4v) is 7.30. The topological polar surface area (TPSA) is 75.7 Å². The smallest absolute Gasteiger partial charge is 0.153 e. The normalized spacial score (nSPS) is 18.8. The number of carbonyl (C=O) groups is 2. The third-order valence-electron chi connectivity index (χ3n) is 5.05. The number of hydrogen-bond donors (Lipinski definition) is 0.